The lowest BCUT2D eigenvalue weighted by molar-refractivity contribution is -0.382. The molecule has 0 saturated carbocycles. The normalized spacial score (nSPS) is 11.7. The summed E-state index contributed by atoms with van der Waals surface area (Å²) in [6, 6.07) is 3.55. The molecule has 2 aromatic rings. The van der Waals surface area contributed by atoms with Crippen LogP contribution in [0.1, 0.15) is 13.8 Å². The van der Waals surface area contributed by atoms with Crippen molar-refractivity contribution in [2.75, 3.05) is 19.0 Å². The Kier molecular flexibility index (Phi) is 3.68. The number of hydrogen-bond acceptors (Lipinski definition) is 6. The summed E-state index contributed by atoms with van der Waals surface area (Å²) in [6.45, 7) is 4.29. The zero-order valence-corrected chi connectivity index (χ0v) is 11.8. The fraction of sp³-hybridized carbons (Fsp3) is 0.417. The second-order valence-corrected chi connectivity index (χ2v) is 5.62. The minimum Gasteiger partial charge on any atom is -0.377 e. The number of hydrogen-bond donors (Lipinski definition) is 1. The molecule has 0 amide bonds. The van der Waals surface area contributed by atoms with Crippen molar-refractivity contribution in [2.45, 2.75) is 19.4 Å². The van der Waals surface area contributed by atoms with Crippen LogP contribution in [0.25, 0.3) is 10.2 Å². The summed E-state index contributed by atoms with van der Waals surface area (Å²) in [5.41, 5.74) is 2.13. The molecule has 1 aromatic heterocycles. The Bertz CT molecular complexity index is 609. The van der Waals surface area contributed by atoms with Crippen molar-refractivity contribution in [3.8, 4) is 0 Å². The Balaban J connectivity index is 2.37. The summed E-state index contributed by atoms with van der Waals surface area (Å²) >= 11 is 1.39. The van der Waals surface area contributed by atoms with Gasteiger partial charge in [-0.1, -0.05) is 0 Å². The second kappa shape index (κ2) is 5.10. The van der Waals surface area contributed by atoms with Crippen LogP contribution in [0.4, 0.5) is 11.4 Å². The van der Waals surface area contributed by atoms with Crippen molar-refractivity contribution in [3.63, 3.8) is 0 Å². The van der Waals surface area contributed by atoms with Gasteiger partial charge in [-0.05, 0) is 26.0 Å². The van der Waals surface area contributed by atoms with E-state index in [1.165, 1.54) is 11.3 Å². The molecule has 0 atom stereocenters. The molecule has 0 aliphatic heterocycles. The molecule has 0 saturated heterocycles. The molecule has 0 spiro atoms. The first-order chi connectivity index (χ1) is 8.94. The van der Waals surface area contributed by atoms with E-state index in [4.69, 9.17) is 4.74 Å². The van der Waals surface area contributed by atoms with Gasteiger partial charge in [-0.3, -0.25) is 10.1 Å². The molecule has 0 radical (unpaired) electrons. The number of nitrogens with zero attached hydrogens (tertiary/aromatic N) is 2. The molecule has 6 nitrogen and oxygen atoms in total. The van der Waals surface area contributed by atoms with E-state index in [-0.39, 0.29) is 5.69 Å². The van der Waals surface area contributed by atoms with E-state index in [9.17, 15) is 10.1 Å². The first-order valence-electron chi connectivity index (χ1n) is 5.74. The van der Waals surface area contributed by atoms with Gasteiger partial charge in [0.1, 0.15) is 5.69 Å². The van der Waals surface area contributed by atoms with Crippen LogP contribution in [0.5, 0.6) is 0 Å². The summed E-state index contributed by atoms with van der Waals surface area (Å²) in [5, 5.41) is 14.3. The molecule has 0 aliphatic carbocycles. The molecule has 7 heteroatoms. The van der Waals surface area contributed by atoms with Crippen LogP contribution in [0.3, 0.4) is 0 Å². The number of methoxy groups -OCH3 is 1. The van der Waals surface area contributed by atoms with Crippen molar-refractivity contribution in [3.05, 3.63) is 27.8 Å². The topological polar surface area (TPSA) is 77.3 Å². The summed E-state index contributed by atoms with van der Waals surface area (Å²) in [7, 11) is 1.61. The first-order valence-corrected chi connectivity index (χ1v) is 6.62. The number of thiazole rings is 1. The van der Waals surface area contributed by atoms with Gasteiger partial charge in [-0.2, -0.15) is 0 Å². The van der Waals surface area contributed by atoms with E-state index in [0.29, 0.717) is 17.7 Å². The molecule has 1 aromatic carbocycles. The molecule has 2 rings (SSSR count). The summed E-state index contributed by atoms with van der Waals surface area (Å²) < 4.78 is 6.09. The summed E-state index contributed by atoms with van der Waals surface area (Å²) in [4.78, 5) is 14.9. The number of ether oxygens (including phenoxy) is 1. The number of aromatic nitrogens is 1. The van der Waals surface area contributed by atoms with Gasteiger partial charge in [0.25, 0.3) is 0 Å². The number of fused-ring (bicyclic) bond motifs is 1. The van der Waals surface area contributed by atoms with Crippen LogP contribution in [0.15, 0.2) is 17.6 Å². The van der Waals surface area contributed by atoms with E-state index >= 15 is 0 Å². The maximum absolute atomic E-state index is 11.2. The van der Waals surface area contributed by atoms with Crippen molar-refractivity contribution >= 4 is 32.9 Å². The van der Waals surface area contributed by atoms with E-state index in [2.05, 4.69) is 10.3 Å². The van der Waals surface area contributed by atoms with E-state index in [0.717, 1.165) is 4.70 Å². The lowest BCUT2D eigenvalue weighted by Crippen LogP contribution is -2.32. The van der Waals surface area contributed by atoms with Gasteiger partial charge in [0, 0.05) is 13.7 Å². The number of rotatable bonds is 5. The van der Waals surface area contributed by atoms with Crippen LogP contribution < -0.4 is 5.32 Å². The highest BCUT2D eigenvalue weighted by Gasteiger charge is 2.23. The molecular formula is C12H15N3O3S. The first kappa shape index (κ1) is 13.7. The SMILES string of the molecule is COC(C)(C)CNc1ccc2scnc2c1[N+](=O)[O-]. The summed E-state index contributed by atoms with van der Waals surface area (Å²) in [5.74, 6) is 0. The van der Waals surface area contributed by atoms with Crippen LogP contribution >= 0.6 is 11.3 Å². The standard InChI is InChI=1S/C12H15N3O3S/c1-12(2,18-3)6-13-8-4-5-9-10(14-7-19-9)11(8)15(16)17/h4-5,7,13H,6H2,1-3H3. The van der Waals surface area contributed by atoms with Gasteiger partial charge in [-0.15, -0.1) is 11.3 Å². The smallest absolute Gasteiger partial charge is 0.319 e. The second-order valence-electron chi connectivity index (χ2n) is 4.74. The largest absolute Gasteiger partial charge is 0.377 e. The molecule has 0 unspecified atom stereocenters. The monoisotopic (exact) mass is 281 g/mol. The number of nitro benzene ring substituents is 1. The van der Waals surface area contributed by atoms with Crippen molar-refractivity contribution < 1.29 is 9.66 Å². The van der Waals surface area contributed by atoms with Crippen molar-refractivity contribution in [1.29, 1.82) is 0 Å². The third kappa shape index (κ3) is 2.82. The number of nitrogens with one attached hydrogen (secondary N) is 1. The number of anilines is 1. The Labute approximate surface area is 114 Å². The highest BCUT2D eigenvalue weighted by Crippen LogP contribution is 2.34. The van der Waals surface area contributed by atoms with Gasteiger partial charge in [0.2, 0.25) is 0 Å². The fourth-order valence-electron chi connectivity index (χ4n) is 1.62. The van der Waals surface area contributed by atoms with E-state index < -0.39 is 10.5 Å². The fourth-order valence-corrected chi connectivity index (χ4v) is 2.30. The summed E-state index contributed by atoms with van der Waals surface area (Å²) in [6.07, 6.45) is 0. The maximum Gasteiger partial charge on any atom is 0.319 e. The Morgan fingerprint density at radius 3 is 2.89 bits per heavy atom. The number of nitro groups is 1. The van der Waals surface area contributed by atoms with Crippen molar-refractivity contribution in [1.82, 2.24) is 4.98 Å². The van der Waals surface area contributed by atoms with E-state index in [1.807, 2.05) is 19.9 Å². The zero-order valence-electron chi connectivity index (χ0n) is 11.0. The zero-order chi connectivity index (χ0) is 14.0. The molecule has 0 bridgehead atoms. The Morgan fingerprint density at radius 1 is 1.53 bits per heavy atom. The highest BCUT2D eigenvalue weighted by atomic mass is 32.1. The van der Waals surface area contributed by atoms with Gasteiger partial charge in [0.15, 0.2) is 5.52 Å². The molecule has 1 N–H and O–H groups in total. The van der Waals surface area contributed by atoms with Crippen LogP contribution in [0.2, 0.25) is 0 Å². The molecule has 0 fully saturated rings. The van der Waals surface area contributed by atoms with Crippen molar-refractivity contribution in [2.24, 2.45) is 0 Å². The van der Waals surface area contributed by atoms with Crippen LogP contribution in [-0.4, -0.2) is 29.2 Å². The lowest BCUT2D eigenvalue weighted by Gasteiger charge is -2.23. The maximum atomic E-state index is 11.2. The molecular weight excluding hydrogens is 266 g/mol. The minimum absolute atomic E-state index is 0.0191. The van der Waals surface area contributed by atoms with Crippen LogP contribution in [-0.2, 0) is 4.74 Å². The van der Waals surface area contributed by atoms with Crippen LogP contribution in [0, 0.1) is 10.1 Å². The number of benzene rings is 1. The molecule has 0 aliphatic rings. The van der Waals surface area contributed by atoms with Gasteiger partial charge in [0.05, 0.1) is 20.7 Å². The lowest BCUT2D eigenvalue weighted by atomic mass is 10.1. The predicted molar refractivity (Wildman–Crippen MR) is 75.9 cm³/mol. The average Bonchev–Trinajstić information content (AvgIpc) is 2.83. The van der Waals surface area contributed by atoms with Gasteiger partial charge in [-0.25, -0.2) is 4.98 Å². The minimum atomic E-state index is -0.399. The highest BCUT2D eigenvalue weighted by molar-refractivity contribution is 7.16. The quantitative estimate of drug-likeness (QED) is 0.673. The average molecular weight is 281 g/mol. The molecule has 102 valence electrons. The molecule has 19 heavy (non-hydrogen) atoms. The predicted octanol–water partition coefficient (Wildman–Crippen LogP) is 3.04. The Morgan fingerprint density at radius 2 is 2.26 bits per heavy atom. The van der Waals surface area contributed by atoms with E-state index in [1.54, 1.807) is 18.7 Å². The van der Waals surface area contributed by atoms with Gasteiger partial charge >= 0.3 is 5.69 Å². The molecule has 1 heterocycles. The Hall–Kier alpha value is -1.73. The van der Waals surface area contributed by atoms with Gasteiger partial charge < -0.3 is 10.1 Å². The third-order valence-electron chi connectivity index (χ3n) is 2.92. The third-order valence-corrected chi connectivity index (χ3v) is 3.71.